The number of hydrogen-bond acceptors (Lipinski definition) is 11. The molecule has 0 atom stereocenters. The highest BCUT2D eigenvalue weighted by Gasteiger charge is 2.28. The monoisotopic (exact) mass is 694 g/mol. The average Bonchev–Trinajstić information content (AvgIpc) is 3.41. The number of aryl methyl sites for hydroxylation is 1. The first-order valence-corrected chi connectivity index (χ1v) is 18.0. The number of rotatable bonds is 11. The summed E-state index contributed by atoms with van der Waals surface area (Å²) in [5.74, 6) is -0.0935. The van der Waals surface area contributed by atoms with E-state index in [1.165, 1.54) is 11.3 Å². The van der Waals surface area contributed by atoms with E-state index in [0.717, 1.165) is 42.5 Å². The molecule has 0 aliphatic carbocycles. The van der Waals surface area contributed by atoms with Gasteiger partial charge in [-0.05, 0) is 103 Å². The number of amides is 4. The van der Waals surface area contributed by atoms with E-state index >= 15 is 0 Å². The van der Waals surface area contributed by atoms with Crippen LogP contribution in [0, 0.1) is 17.2 Å². The molecule has 3 heterocycles. The van der Waals surface area contributed by atoms with Crippen molar-refractivity contribution < 1.29 is 28.7 Å². The normalized spacial score (nSPS) is 16.7. The van der Waals surface area contributed by atoms with Gasteiger partial charge in [-0.2, -0.15) is 4.99 Å². The molecule has 1 aromatic heterocycles. The lowest BCUT2D eigenvalue weighted by molar-refractivity contribution is -0.119. The molecule has 3 rings (SSSR count). The van der Waals surface area contributed by atoms with Gasteiger partial charge >= 0.3 is 12.2 Å². The molecule has 262 valence electrons. The van der Waals surface area contributed by atoms with Gasteiger partial charge in [-0.25, -0.2) is 9.59 Å². The van der Waals surface area contributed by atoms with Crippen LogP contribution in [0.25, 0.3) is 0 Å². The van der Waals surface area contributed by atoms with Crippen LogP contribution < -0.4 is 11.1 Å². The number of likely N-dealkylation sites (tertiary alicyclic amines) is 2. The Morgan fingerprint density at radius 2 is 1.60 bits per heavy atom. The minimum atomic E-state index is -0.530. The fourth-order valence-electron chi connectivity index (χ4n) is 5.26. The number of anilines is 1. The Bertz CT molecular complexity index is 1260. The number of amidine groups is 1. The quantitative estimate of drug-likeness (QED) is 0.153. The lowest BCUT2D eigenvalue weighted by Crippen LogP contribution is -2.42. The Labute approximate surface area is 285 Å². The van der Waals surface area contributed by atoms with Crippen molar-refractivity contribution in [2.45, 2.75) is 111 Å². The molecule has 2 saturated heterocycles. The van der Waals surface area contributed by atoms with Crippen LogP contribution in [0.15, 0.2) is 4.99 Å². The third-order valence-electron chi connectivity index (χ3n) is 7.63. The molecule has 0 bridgehead atoms. The van der Waals surface area contributed by atoms with Gasteiger partial charge in [0.2, 0.25) is 16.9 Å². The molecule has 1 aromatic rings. The van der Waals surface area contributed by atoms with Crippen molar-refractivity contribution >= 4 is 62.4 Å². The largest absolute Gasteiger partial charge is 0.447 e. The van der Waals surface area contributed by atoms with Crippen LogP contribution in [0.4, 0.5) is 14.7 Å². The second-order valence-corrected chi connectivity index (χ2v) is 15.5. The van der Waals surface area contributed by atoms with Crippen molar-refractivity contribution in [3.05, 3.63) is 5.01 Å². The summed E-state index contributed by atoms with van der Waals surface area (Å²) in [6.45, 7) is 11.4. The highest BCUT2D eigenvalue weighted by atomic mass is 32.2. The van der Waals surface area contributed by atoms with Crippen LogP contribution in [0.5, 0.6) is 0 Å². The molecule has 0 aromatic carbocycles. The number of carbonyl (C=O) groups is 4. The lowest BCUT2D eigenvalue weighted by Gasteiger charge is -2.33. The first-order chi connectivity index (χ1) is 22.2. The number of nitrogens with one attached hydrogen (secondary N) is 2. The number of aliphatic imine (C=N–C) groups is 1. The summed E-state index contributed by atoms with van der Waals surface area (Å²) in [4.78, 5) is 56.6. The third-order valence-corrected chi connectivity index (χ3v) is 9.28. The van der Waals surface area contributed by atoms with Gasteiger partial charge in [0.15, 0.2) is 5.17 Å². The summed E-state index contributed by atoms with van der Waals surface area (Å²) in [5.41, 5.74) is 5.40. The molecule has 0 saturated carbocycles. The van der Waals surface area contributed by atoms with E-state index in [9.17, 15) is 19.2 Å². The summed E-state index contributed by atoms with van der Waals surface area (Å²) in [6.07, 6.45) is 5.41. The Kier molecular flexibility index (Phi) is 14.9. The number of thioether (sulfide) groups is 1. The fourth-order valence-corrected chi connectivity index (χ4v) is 6.70. The van der Waals surface area contributed by atoms with Gasteiger partial charge in [-0.15, -0.1) is 10.2 Å². The molecular weight excluding hydrogens is 645 g/mol. The minimum absolute atomic E-state index is 0.0658. The molecule has 0 radical (unpaired) electrons. The number of ether oxygens (including phenoxy) is 2. The second kappa shape index (κ2) is 18.3. The summed E-state index contributed by atoms with van der Waals surface area (Å²) in [5, 5.41) is 21.0. The summed E-state index contributed by atoms with van der Waals surface area (Å²) in [7, 11) is 0. The van der Waals surface area contributed by atoms with Gasteiger partial charge in [0.25, 0.3) is 0 Å². The van der Waals surface area contributed by atoms with E-state index in [-0.39, 0.29) is 53.5 Å². The van der Waals surface area contributed by atoms with Crippen LogP contribution in [0.2, 0.25) is 0 Å². The van der Waals surface area contributed by atoms with E-state index in [1.54, 1.807) is 9.80 Å². The summed E-state index contributed by atoms with van der Waals surface area (Å²) < 4.78 is 10.7. The molecule has 2 aliphatic heterocycles. The van der Waals surface area contributed by atoms with E-state index in [0.29, 0.717) is 68.5 Å². The van der Waals surface area contributed by atoms with Gasteiger partial charge in [0.05, 0.1) is 11.1 Å². The number of aromatic nitrogens is 2. The Hall–Kier alpha value is -3.27. The van der Waals surface area contributed by atoms with Crippen molar-refractivity contribution in [3.8, 4) is 0 Å². The zero-order chi connectivity index (χ0) is 34.6. The molecule has 4 amide bonds. The smallest absolute Gasteiger partial charge is 0.410 e. The fraction of sp³-hybridized carbons (Fsp3) is 0.742. The number of unbranched alkanes of at least 4 members (excludes halogenated alkanes) is 1. The third kappa shape index (κ3) is 14.6. The van der Waals surface area contributed by atoms with E-state index < -0.39 is 5.60 Å². The summed E-state index contributed by atoms with van der Waals surface area (Å²) in [6, 6.07) is 0. The first-order valence-electron chi connectivity index (χ1n) is 16.3. The topological polar surface area (TPSA) is 193 Å². The summed E-state index contributed by atoms with van der Waals surface area (Å²) >= 11 is 2.34. The van der Waals surface area contributed by atoms with Crippen LogP contribution in [0.1, 0.15) is 97.4 Å². The number of nitrogens with zero attached hydrogens (tertiary/aromatic N) is 5. The molecule has 0 spiro atoms. The van der Waals surface area contributed by atoms with E-state index in [1.807, 2.05) is 34.6 Å². The number of piperidine rings is 2. The highest BCUT2D eigenvalue weighted by Crippen LogP contribution is 2.25. The zero-order valence-corrected chi connectivity index (χ0v) is 29.8. The van der Waals surface area contributed by atoms with Crippen LogP contribution in [0.3, 0.4) is 0 Å². The predicted octanol–water partition coefficient (Wildman–Crippen LogP) is 5.43. The van der Waals surface area contributed by atoms with Crippen LogP contribution >= 0.6 is 23.1 Å². The van der Waals surface area contributed by atoms with Crippen molar-refractivity contribution in [2.75, 3.05) is 31.5 Å². The molecule has 47 heavy (non-hydrogen) atoms. The van der Waals surface area contributed by atoms with Crippen molar-refractivity contribution in [3.63, 3.8) is 0 Å². The average molecular weight is 695 g/mol. The maximum atomic E-state index is 12.6. The number of carbonyl (C=O) groups excluding carboxylic acids is 4. The standard InChI is InChI=1S/C31H50N8O6S2/c1-20(2)44-29(42)38-14-10-21(11-15-38)18-24(40)34-27(33)46-23(32)8-6-7-9-26-36-37-28(47-26)35-25(41)19-22-12-16-39(17-13-22)30(43)45-31(3,4)5/h20-22,32H,6-19H2,1-5H3,(H2,33,34,40)(H,35,37,41). The SMILES string of the molecule is CC(C)OC(=O)N1CCC(CC(=O)N=C(N)SC(=N)CCCCc2nnc(NC(=O)CC3CCN(C(=O)OC(C)(C)C)CC3)s2)CC1. The maximum Gasteiger partial charge on any atom is 0.410 e. The molecule has 16 heteroatoms. The first kappa shape index (κ1) is 38.2. The van der Waals surface area contributed by atoms with Gasteiger partial charge in [-0.3, -0.25) is 15.0 Å². The number of nitrogens with two attached hydrogens (primary N) is 1. The lowest BCUT2D eigenvalue weighted by atomic mass is 9.93. The molecule has 4 N–H and O–H groups in total. The highest BCUT2D eigenvalue weighted by molar-refractivity contribution is 8.26. The Morgan fingerprint density at radius 3 is 2.19 bits per heavy atom. The number of hydrogen-bond donors (Lipinski definition) is 3. The molecule has 0 unspecified atom stereocenters. The van der Waals surface area contributed by atoms with Gasteiger partial charge in [0, 0.05) is 45.4 Å². The molecule has 14 nitrogen and oxygen atoms in total. The predicted molar refractivity (Wildman–Crippen MR) is 184 cm³/mol. The van der Waals surface area contributed by atoms with Crippen molar-refractivity contribution in [1.82, 2.24) is 20.0 Å². The molecular formula is C31H50N8O6S2. The minimum Gasteiger partial charge on any atom is -0.447 e. The Balaban J connectivity index is 1.27. The van der Waals surface area contributed by atoms with Gasteiger partial charge in [0.1, 0.15) is 10.6 Å². The van der Waals surface area contributed by atoms with Crippen molar-refractivity contribution in [1.29, 1.82) is 5.41 Å². The van der Waals surface area contributed by atoms with Crippen molar-refractivity contribution in [2.24, 2.45) is 22.6 Å². The molecule has 2 fully saturated rings. The molecule has 2 aliphatic rings. The zero-order valence-electron chi connectivity index (χ0n) is 28.2. The van der Waals surface area contributed by atoms with E-state index in [2.05, 4.69) is 20.5 Å². The van der Waals surface area contributed by atoms with E-state index in [4.69, 9.17) is 20.6 Å². The van der Waals surface area contributed by atoms with Gasteiger partial charge < -0.3 is 30.3 Å². The van der Waals surface area contributed by atoms with Gasteiger partial charge in [-0.1, -0.05) is 11.3 Å². The van der Waals surface area contributed by atoms with Crippen LogP contribution in [-0.2, 0) is 25.5 Å². The van der Waals surface area contributed by atoms with Crippen LogP contribution in [-0.4, -0.2) is 92.1 Å². The Morgan fingerprint density at radius 1 is 1.00 bits per heavy atom. The second-order valence-electron chi connectivity index (χ2n) is 13.3. The maximum absolute atomic E-state index is 12.6.